The van der Waals surface area contributed by atoms with E-state index in [0.29, 0.717) is 0 Å². The van der Waals surface area contributed by atoms with Crippen molar-refractivity contribution in [1.29, 1.82) is 0 Å². The lowest BCUT2D eigenvalue weighted by Crippen LogP contribution is -2.61. The molecular weight excluding hydrogens is 812 g/mol. The minimum absolute atomic E-state index is 0.0202. The van der Waals surface area contributed by atoms with Gasteiger partial charge in [0.05, 0.1) is 12.1 Å². The maximum absolute atomic E-state index is 7.04. The Balaban J connectivity index is 1.09. The highest BCUT2D eigenvalue weighted by Gasteiger charge is 2.48. The molecule has 0 saturated heterocycles. The van der Waals surface area contributed by atoms with Crippen molar-refractivity contribution in [3.8, 4) is 11.1 Å². The predicted molar refractivity (Wildman–Crippen MR) is 286 cm³/mol. The molecule has 67 heavy (non-hydrogen) atoms. The molecule has 2 unspecified atom stereocenters. The van der Waals surface area contributed by atoms with Gasteiger partial charge in [0.2, 0.25) is 0 Å². The molecule has 8 aromatic rings. The first-order valence-corrected chi connectivity index (χ1v) is 23.6. The Hall–Kier alpha value is -8.15. The number of benzene rings is 8. The molecule has 5 aliphatic rings. The van der Waals surface area contributed by atoms with Gasteiger partial charge in [-0.2, -0.15) is 0 Å². The molecule has 8 aromatic carbocycles. The van der Waals surface area contributed by atoms with Crippen molar-refractivity contribution in [2.24, 2.45) is 0 Å². The summed E-state index contributed by atoms with van der Waals surface area (Å²) in [5, 5.41) is 0. The summed E-state index contributed by atoms with van der Waals surface area (Å²) in [7, 11) is 0.809. The number of nitrogen functional groups attached to an aromatic ring is 1. The maximum atomic E-state index is 7.04. The van der Waals surface area contributed by atoms with E-state index >= 15 is 0 Å². The van der Waals surface area contributed by atoms with Gasteiger partial charge in [-0.25, -0.2) is 0 Å². The summed E-state index contributed by atoms with van der Waals surface area (Å²) >= 11 is 0. The molecule has 3 heterocycles. The highest BCUT2D eigenvalue weighted by atomic mass is 15.2. The Morgan fingerprint density at radius 2 is 1.22 bits per heavy atom. The molecule has 3 aliphatic heterocycles. The lowest BCUT2D eigenvalue weighted by atomic mass is 9.31. The van der Waals surface area contributed by atoms with E-state index in [1.807, 2.05) is 12.1 Å². The first kappa shape index (κ1) is 39.2. The third-order valence-corrected chi connectivity index (χ3v) is 14.4. The fourth-order valence-corrected chi connectivity index (χ4v) is 11.6. The second-order valence-electron chi connectivity index (χ2n) is 18.2. The lowest BCUT2D eigenvalue weighted by Gasteiger charge is -2.50. The van der Waals surface area contributed by atoms with Crippen LogP contribution in [0, 0.1) is 0 Å². The minimum Gasteiger partial charge on any atom is -0.398 e. The van der Waals surface area contributed by atoms with Gasteiger partial charge in [0.15, 0.2) is 7.28 Å². The fourth-order valence-electron chi connectivity index (χ4n) is 11.6. The van der Waals surface area contributed by atoms with Crippen molar-refractivity contribution in [2.45, 2.75) is 24.9 Å². The van der Waals surface area contributed by atoms with Crippen LogP contribution in [-0.2, 0) is 0 Å². The summed E-state index contributed by atoms with van der Waals surface area (Å²) in [6, 6.07) is 71.0. The SMILES string of the molecule is Nc1ccccc1-c1cc2c3c4c1Bc1ccccc1N4C1=C(C=CC(N(c4ccccc4)C4C=CC=CC4)C1)B3c1ccc(N(c3ccccc3)c3ccccc3)cc1N2c1ccccc1. The van der Waals surface area contributed by atoms with Crippen LogP contribution in [0.3, 0.4) is 0 Å². The quantitative estimate of drug-likeness (QED) is 0.122. The maximum Gasteiger partial charge on any atom is 0.251 e. The van der Waals surface area contributed by atoms with Crippen LogP contribution in [0.2, 0.25) is 0 Å². The Labute approximate surface area is 394 Å². The van der Waals surface area contributed by atoms with Crippen LogP contribution in [-0.4, -0.2) is 26.1 Å². The third kappa shape index (κ3) is 6.40. The zero-order chi connectivity index (χ0) is 44.4. The smallest absolute Gasteiger partial charge is 0.251 e. The van der Waals surface area contributed by atoms with Gasteiger partial charge in [0.1, 0.15) is 0 Å². The lowest BCUT2D eigenvalue weighted by molar-refractivity contribution is 0.602. The molecular formula is C60H47B2N5. The van der Waals surface area contributed by atoms with Gasteiger partial charge in [-0.3, -0.25) is 0 Å². The zero-order valence-electron chi connectivity index (χ0n) is 37.2. The van der Waals surface area contributed by atoms with Crippen molar-refractivity contribution in [3.63, 3.8) is 0 Å². The molecule has 2 aliphatic carbocycles. The molecule has 2 atom stereocenters. The number of hydrogen-bond donors (Lipinski definition) is 1. The zero-order valence-corrected chi connectivity index (χ0v) is 37.2. The summed E-state index contributed by atoms with van der Waals surface area (Å²) in [6.45, 7) is -0.0202. The molecule has 13 rings (SSSR count). The molecule has 7 heteroatoms. The Morgan fingerprint density at radius 3 is 1.94 bits per heavy atom. The average molecular weight is 860 g/mol. The molecule has 0 saturated carbocycles. The van der Waals surface area contributed by atoms with E-state index in [0.717, 1.165) is 54.1 Å². The predicted octanol–water partition coefficient (Wildman–Crippen LogP) is 11.2. The summed E-state index contributed by atoms with van der Waals surface area (Å²) in [5.41, 5.74) is 28.6. The number of para-hydroxylation sites is 6. The van der Waals surface area contributed by atoms with Gasteiger partial charge >= 0.3 is 0 Å². The molecule has 5 nitrogen and oxygen atoms in total. The van der Waals surface area contributed by atoms with Gasteiger partial charge < -0.3 is 25.3 Å². The summed E-state index contributed by atoms with van der Waals surface area (Å²) in [5.74, 6) is 0. The van der Waals surface area contributed by atoms with Crippen LogP contribution in [0.4, 0.5) is 56.9 Å². The number of rotatable bonds is 8. The first-order chi connectivity index (χ1) is 33.2. The number of fused-ring (bicyclic) bond motifs is 6. The van der Waals surface area contributed by atoms with Crippen LogP contribution in [0.1, 0.15) is 12.8 Å². The van der Waals surface area contributed by atoms with Crippen LogP contribution >= 0.6 is 0 Å². The molecule has 0 radical (unpaired) electrons. The van der Waals surface area contributed by atoms with Crippen molar-refractivity contribution in [1.82, 2.24) is 0 Å². The van der Waals surface area contributed by atoms with Gasteiger partial charge in [0, 0.05) is 74.6 Å². The van der Waals surface area contributed by atoms with E-state index in [1.54, 1.807) is 0 Å². The summed E-state index contributed by atoms with van der Waals surface area (Å²) in [6.07, 6.45) is 15.9. The fraction of sp³-hybridized carbons (Fsp3) is 0.0667. The Kier molecular flexibility index (Phi) is 9.41. The molecule has 0 aromatic heterocycles. The number of nitrogens with zero attached hydrogens (tertiary/aromatic N) is 4. The van der Waals surface area contributed by atoms with Crippen LogP contribution in [0.25, 0.3) is 11.1 Å². The molecule has 2 N–H and O–H groups in total. The van der Waals surface area contributed by atoms with Crippen LogP contribution in [0.15, 0.2) is 242 Å². The van der Waals surface area contributed by atoms with E-state index in [9.17, 15) is 0 Å². The monoisotopic (exact) mass is 859 g/mol. The van der Waals surface area contributed by atoms with Crippen molar-refractivity contribution in [3.05, 3.63) is 242 Å². The first-order valence-electron chi connectivity index (χ1n) is 23.6. The average Bonchev–Trinajstić information content (AvgIpc) is 3.39. The largest absolute Gasteiger partial charge is 0.398 e. The second-order valence-corrected chi connectivity index (χ2v) is 18.2. The third-order valence-electron chi connectivity index (χ3n) is 14.4. The van der Waals surface area contributed by atoms with Gasteiger partial charge in [-0.15, -0.1) is 0 Å². The summed E-state index contributed by atoms with van der Waals surface area (Å²) < 4.78 is 0. The Morgan fingerprint density at radius 1 is 0.552 bits per heavy atom. The van der Waals surface area contributed by atoms with E-state index in [-0.39, 0.29) is 18.8 Å². The molecule has 0 spiro atoms. The van der Waals surface area contributed by atoms with Crippen molar-refractivity contribution < 1.29 is 0 Å². The molecule has 0 fully saturated rings. The number of anilines is 10. The van der Waals surface area contributed by atoms with Gasteiger partial charge in [-0.05, 0) is 113 Å². The highest BCUT2D eigenvalue weighted by Crippen LogP contribution is 2.50. The van der Waals surface area contributed by atoms with Crippen LogP contribution in [0.5, 0.6) is 0 Å². The van der Waals surface area contributed by atoms with E-state index in [4.69, 9.17) is 5.73 Å². The number of allylic oxidation sites excluding steroid dienone is 4. The van der Waals surface area contributed by atoms with E-state index < -0.39 is 0 Å². The molecule has 318 valence electrons. The highest BCUT2D eigenvalue weighted by molar-refractivity contribution is 6.96. The van der Waals surface area contributed by atoms with Crippen molar-refractivity contribution >= 4 is 92.7 Å². The van der Waals surface area contributed by atoms with E-state index in [1.165, 1.54) is 67.0 Å². The second kappa shape index (κ2) is 16.1. The minimum atomic E-state index is -0.0202. The summed E-state index contributed by atoms with van der Waals surface area (Å²) in [4.78, 5) is 10.2. The van der Waals surface area contributed by atoms with Crippen LogP contribution < -0.4 is 47.2 Å². The standard InChI is InChI=1S/C60H47B2N5/c63-53-32-18-16-30-48(53)49-40-57-59-60-58(49)61-50-31-17-19-33-54(50)67(60)56-39-47(65(43-24-10-3-11-25-43)44-26-12-4-13-27-44)35-37-52(56)62(59)51-36-34-46(38-55(51)66(57)45-28-14-5-15-29-45)64(41-20-6-1-7-21-41)42-22-8-2-9-23-42/h1-26,28-38,40,44,47,61H,27,39,63H2. The van der Waals surface area contributed by atoms with Gasteiger partial charge in [-0.1, -0.05) is 157 Å². The molecule has 0 amide bonds. The topological polar surface area (TPSA) is 39.0 Å². The van der Waals surface area contributed by atoms with Crippen molar-refractivity contribution in [2.75, 3.05) is 25.3 Å². The normalized spacial score (nSPS) is 17.0. The van der Waals surface area contributed by atoms with Gasteiger partial charge in [0.25, 0.3) is 6.71 Å². The molecule has 0 bridgehead atoms. The number of hydrogen-bond acceptors (Lipinski definition) is 5. The Bertz CT molecular complexity index is 3290. The van der Waals surface area contributed by atoms with E-state index in [2.05, 4.69) is 238 Å². The number of nitrogens with two attached hydrogens (primary N) is 1.